The van der Waals surface area contributed by atoms with Crippen molar-refractivity contribution in [3.63, 3.8) is 0 Å². The highest BCUT2D eigenvalue weighted by molar-refractivity contribution is 4.50. The Kier molecular flexibility index (Phi) is 5.58. The van der Waals surface area contributed by atoms with E-state index < -0.39 is 0 Å². The van der Waals surface area contributed by atoms with Gasteiger partial charge in [-0.25, -0.2) is 0 Å². The maximum atomic E-state index is 5.01. The zero-order valence-electron chi connectivity index (χ0n) is 7.26. The molecule has 0 heterocycles. The quantitative estimate of drug-likeness (QED) is 0.530. The van der Waals surface area contributed by atoms with Gasteiger partial charge in [-0.05, 0) is 13.6 Å². The van der Waals surface area contributed by atoms with Crippen LogP contribution in [0.1, 0.15) is 6.92 Å². The van der Waals surface area contributed by atoms with Crippen LogP contribution in [-0.4, -0.2) is 45.5 Å². The summed E-state index contributed by atoms with van der Waals surface area (Å²) in [6.45, 7) is 3.94. The molecule has 0 saturated carbocycles. The van der Waals surface area contributed by atoms with Crippen LogP contribution >= 0.6 is 0 Å². The molecule has 0 N–H and O–H groups in total. The number of nitrogens with zero attached hydrogens (tertiary/aromatic N) is 1. The average Bonchev–Trinajstić information content (AvgIpc) is 1.99. The minimum absolute atomic E-state index is 0.0926. The molecule has 10 heavy (non-hydrogen) atoms. The van der Waals surface area contributed by atoms with E-state index in [-0.39, 0.29) is 6.29 Å². The van der Waals surface area contributed by atoms with Crippen LogP contribution in [0.15, 0.2) is 0 Å². The van der Waals surface area contributed by atoms with Gasteiger partial charge in [-0.1, -0.05) is 6.92 Å². The Morgan fingerprint density at radius 1 is 1.30 bits per heavy atom. The van der Waals surface area contributed by atoms with Crippen LogP contribution < -0.4 is 0 Å². The lowest BCUT2D eigenvalue weighted by Crippen LogP contribution is -2.31. The van der Waals surface area contributed by atoms with Crippen molar-refractivity contribution in [1.82, 2.24) is 4.90 Å². The number of rotatable bonds is 5. The minimum atomic E-state index is -0.0926. The van der Waals surface area contributed by atoms with Crippen LogP contribution in [0.25, 0.3) is 0 Å². The Bertz CT molecular complexity index is 74.0. The zero-order valence-corrected chi connectivity index (χ0v) is 7.26. The SMILES string of the molecule is CCN(C)CC(OC)OC. The smallest absolute Gasteiger partial charge is 0.169 e. The van der Waals surface area contributed by atoms with E-state index in [4.69, 9.17) is 9.47 Å². The first-order valence-electron chi connectivity index (χ1n) is 3.48. The van der Waals surface area contributed by atoms with E-state index in [0.29, 0.717) is 0 Å². The number of ether oxygens (including phenoxy) is 2. The van der Waals surface area contributed by atoms with Gasteiger partial charge in [0, 0.05) is 20.8 Å². The van der Waals surface area contributed by atoms with Crippen LogP contribution in [0.2, 0.25) is 0 Å². The monoisotopic (exact) mass is 147 g/mol. The van der Waals surface area contributed by atoms with Gasteiger partial charge in [0.25, 0.3) is 0 Å². The highest BCUT2D eigenvalue weighted by Gasteiger charge is 2.06. The molecule has 0 atom stereocenters. The number of hydrogen-bond donors (Lipinski definition) is 0. The predicted molar refractivity (Wildman–Crippen MR) is 41.0 cm³/mol. The Labute approximate surface area is 62.9 Å². The van der Waals surface area contributed by atoms with E-state index in [1.54, 1.807) is 14.2 Å². The van der Waals surface area contributed by atoms with Crippen LogP contribution in [0, 0.1) is 0 Å². The Morgan fingerprint density at radius 2 is 1.80 bits per heavy atom. The Morgan fingerprint density at radius 3 is 2.10 bits per heavy atom. The third-order valence-electron chi connectivity index (χ3n) is 1.53. The first-order valence-corrected chi connectivity index (χ1v) is 3.48. The van der Waals surface area contributed by atoms with Gasteiger partial charge in [0.15, 0.2) is 6.29 Å². The van der Waals surface area contributed by atoms with Crippen LogP contribution in [0.3, 0.4) is 0 Å². The second-order valence-corrected chi connectivity index (χ2v) is 2.26. The summed E-state index contributed by atoms with van der Waals surface area (Å²) in [6.07, 6.45) is -0.0926. The molecule has 0 bridgehead atoms. The third kappa shape index (κ3) is 3.82. The molecular weight excluding hydrogens is 130 g/mol. The van der Waals surface area contributed by atoms with Crippen molar-refractivity contribution < 1.29 is 9.47 Å². The number of hydrogen-bond acceptors (Lipinski definition) is 3. The van der Waals surface area contributed by atoms with Gasteiger partial charge in [0.1, 0.15) is 0 Å². The van der Waals surface area contributed by atoms with Gasteiger partial charge in [-0.2, -0.15) is 0 Å². The number of likely N-dealkylation sites (N-methyl/N-ethyl adjacent to an activating group) is 1. The van der Waals surface area contributed by atoms with Gasteiger partial charge in [-0.15, -0.1) is 0 Å². The maximum Gasteiger partial charge on any atom is 0.169 e. The average molecular weight is 147 g/mol. The highest BCUT2D eigenvalue weighted by atomic mass is 16.7. The van der Waals surface area contributed by atoms with E-state index in [9.17, 15) is 0 Å². The molecule has 0 amide bonds. The second-order valence-electron chi connectivity index (χ2n) is 2.26. The van der Waals surface area contributed by atoms with Crippen molar-refractivity contribution in [2.24, 2.45) is 0 Å². The lowest BCUT2D eigenvalue weighted by molar-refractivity contribution is -0.113. The summed E-state index contributed by atoms with van der Waals surface area (Å²) >= 11 is 0. The van der Waals surface area contributed by atoms with Crippen molar-refractivity contribution in [2.75, 3.05) is 34.4 Å². The standard InChI is InChI=1S/C7H17NO2/c1-5-8(2)6-7(9-3)10-4/h7H,5-6H2,1-4H3. The molecule has 0 saturated heterocycles. The van der Waals surface area contributed by atoms with Gasteiger partial charge in [-0.3, -0.25) is 0 Å². The van der Waals surface area contributed by atoms with Crippen LogP contribution in [0.5, 0.6) is 0 Å². The maximum absolute atomic E-state index is 5.01. The molecule has 0 aromatic carbocycles. The molecule has 0 rings (SSSR count). The van der Waals surface area contributed by atoms with Gasteiger partial charge < -0.3 is 14.4 Å². The topological polar surface area (TPSA) is 21.7 Å². The number of methoxy groups -OCH3 is 2. The molecule has 3 heteroatoms. The first kappa shape index (κ1) is 9.88. The summed E-state index contributed by atoms with van der Waals surface area (Å²) in [5, 5.41) is 0. The molecule has 0 radical (unpaired) electrons. The van der Waals surface area contributed by atoms with Crippen molar-refractivity contribution in [3.8, 4) is 0 Å². The fraction of sp³-hybridized carbons (Fsp3) is 1.00. The van der Waals surface area contributed by atoms with E-state index in [1.807, 2.05) is 7.05 Å². The van der Waals surface area contributed by atoms with Crippen molar-refractivity contribution >= 4 is 0 Å². The zero-order chi connectivity index (χ0) is 7.98. The van der Waals surface area contributed by atoms with Gasteiger partial charge in [0.2, 0.25) is 0 Å². The molecule has 0 aliphatic heterocycles. The summed E-state index contributed by atoms with van der Waals surface area (Å²) in [5.74, 6) is 0. The predicted octanol–water partition coefficient (Wildman–Crippen LogP) is 0.557. The highest BCUT2D eigenvalue weighted by Crippen LogP contribution is 1.93. The van der Waals surface area contributed by atoms with E-state index in [2.05, 4.69) is 11.8 Å². The van der Waals surface area contributed by atoms with E-state index in [0.717, 1.165) is 13.1 Å². The summed E-state index contributed by atoms with van der Waals surface area (Å²) < 4.78 is 10.0. The molecule has 0 spiro atoms. The van der Waals surface area contributed by atoms with E-state index in [1.165, 1.54) is 0 Å². The fourth-order valence-corrected chi connectivity index (χ4v) is 0.629. The molecule has 0 aliphatic rings. The van der Waals surface area contributed by atoms with Crippen LogP contribution in [0.4, 0.5) is 0 Å². The molecule has 0 aromatic rings. The summed E-state index contributed by atoms with van der Waals surface area (Å²) in [6, 6.07) is 0. The molecule has 0 fully saturated rings. The molecule has 0 aliphatic carbocycles. The largest absolute Gasteiger partial charge is 0.355 e. The van der Waals surface area contributed by atoms with Crippen molar-refractivity contribution in [2.45, 2.75) is 13.2 Å². The van der Waals surface area contributed by atoms with E-state index >= 15 is 0 Å². The first-order chi connectivity index (χ1) is 4.74. The molecule has 62 valence electrons. The molecule has 0 unspecified atom stereocenters. The van der Waals surface area contributed by atoms with Gasteiger partial charge >= 0.3 is 0 Å². The molecule has 0 aromatic heterocycles. The second kappa shape index (κ2) is 5.65. The van der Waals surface area contributed by atoms with Crippen LogP contribution in [-0.2, 0) is 9.47 Å². The summed E-state index contributed by atoms with van der Waals surface area (Å²) in [5.41, 5.74) is 0. The van der Waals surface area contributed by atoms with Crippen molar-refractivity contribution in [1.29, 1.82) is 0 Å². The van der Waals surface area contributed by atoms with Crippen molar-refractivity contribution in [3.05, 3.63) is 0 Å². The molecular formula is C7H17NO2. The lowest BCUT2D eigenvalue weighted by atomic mass is 10.5. The summed E-state index contributed by atoms with van der Waals surface area (Å²) in [7, 11) is 5.33. The Balaban J connectivity index is 3.41. The third-order valence-corrected chi connectivity index (χ3v) is 1.53. The normalized spacial score (nSPS) is 11.4. The summed E-state index contributed by atoms with van der Waals surface area (Å²) in [4.78, 5) is 2.14. The molecule has 3 nitrogen and oxygen atoms in total. The Hall–Kier alpha value is -0.120. The fourth-order valence-electron chi connectivity index (χ4n) is 0.629. The minimum Gasteiger partial charge on any atom is -0.355 e. The lowest BCUT2D eigenvalue weighted by Gasteiger charge is -2.19. The van der Waals surface area contributed by atoms with Gasteiger partial charge in [0.05, 0.1) is 0 Å².